The summed E-state index contributed by atoms with van der Waals surface area (Å²) in [5, 5.41) is 31.0. The van der Waals surface area contributed by atoms with Gasteiger partial charge in [0.05, 0.1) is 34.1 Å². The molecule has 0 bridgehead atoms. The lowest BCUT2D eigenvalue weighted by atomic mass is 9.96. The maximum absolute atomic E-state index is 12.7. The van der Waals surface area contributed by atoms with Gasteiger partial charge in [-0.15, -0.1) is 12.1 Å². The van der Waals surface area contributed by atoms with E-state index in [0.717, 1.165) is 23.1 Å². The summed E-state index contributed by atoms with van der Waals surface area (Å²) in [6.07, 6.45) is 7.77. The highest BCUT2D eigenvalue weighted by Crippen LogP contribution is 2.35. The minimum Gasteiger partial charge on any atom is -0.383 e. The Bertz CT molecular complexity index is 1840. The molecule has 0 amide bonds. The lowest BCUT2D eigenvalue weighted by Gasteiger charge is -2.24. The summed E-state index contributed by atoms with van der Waals surface area (Å²) < 4.78 is 0. The second-order valence-electron chi connectivity index (χ2n) is 11.4. The Balaban J connectivity index is 1.66. The van der Waals surface area contributed by atoms with Crippen molar-refractivity contribution in [2.24, 2.45) is 5.41 Å². The summed E-state index contributed by atoms with van der Waals surface area (Å²) >= 11 is 0. The number of nitriles is 2. The Labute approximate surface area is 244 Å². The van der Waals surface area contributed by atoms with Crippen molar-refractivity contribution in [3.05, 3.63) is 100 Å². The molecule has 42 heavy (non-hydrogen) atoms. The zero-order valence-corrected chi connectivity index (χ0v) is 23.9. The minimum atomic E-state index is -0.432. The summed E-state index contributed by atoms with van der Waals surface area (Å²) in [6, 6.07) is 15.3. The first-order chi connectivity index (χ1) is 20.2. The molecule has 5 rings (SSSR count). The molecule has 5 N–H and O–H groups in total. The van der Waals surface area contributed by atoms with Crippen molar-refractivity contribution in [2.75, 3.05) is 23.7 Å². The Kier molecular flexibility index (Phi) is 7.83. The number of nitrogens with zero attached hydrogens (tertiary/aromatic N) is 4. The van der Waals surface area contributed by atoms with Crippen LogP contribution in [0.2, 0.25) is 0 Å². The van der Waals surface area contributed by atoms with E-state index >= 15 is 0 Å². The van der Waals surface area contributed by atoms with Crippen molar-refractivity contribution >= 4 is 33.1 Å². The topological polar surface area (TPSA) is 145 Å². The molecule has 10 heteroatoms. The lowest BCUT2D eigenvalue weighted by molar-refractivity contribution is 0.275. The summed E-state index contributed by atoms with van der Waals surface area (Å²) in [5.41, 5.74) is 10.5. The van der Waals surface area contributed by atoms with Crippen molar-refractivity contribution in [3.8, 4) is 12.1 Å². The average Bonchev–Trinajstić information content (AvgIpc) is 3.45. The predicted octanol–water partition coefficient (Wildman–Crippen LogP) is 5.17. The van der Waals surface area contributed by atoms with Crippen LogP contribution < -0.4 is 27.2 Å². The van der Waals surface area contributed by atoms with Crippen molar-refractivity contribution in [2.45, 2.75) is 33.2 Å². The van der Waals surface area contributed by atoms with E-state index in [1.165, 1.54) is 6.20 Å². The van der Waals surface area contributed by atoms with Crippen LogP contribution in [0.4, 0.5) is 11.4 Å². The Morgan fingerprint density at radius 3 is 2.67 bits per heavy atom. The molecule has 1 atom stereocenters. The molecule has 4 aromatic rings. The molecule has 3 heterocycles. The number of hydrazine groups is 2. The molecule has 0 aliphatic carbocycles. The number of benzene rings is 2. The van der Waals surface area contributed by atoms with Gasteiger partial charge in [-0.1, -0.05) is 39.0 Å². The van der Waals surface area contributed by atoms with E-state index < -0.39 is 6.04 Å². The predicted molar refractivity (Wildman–Crippen MR) is 166 cm³/mol. The van der Waals surface area contributed by atoms with Crippen molar-refractivity contribution in [1.82, 2.24) is 25.9 Å². The van der Waals surface area contributed by atoms with E-state index in [-0.39, 0.29) is 11.0 Å². The summed E-state index contributed by atoms with van der Waals surface area (Å²) in [7, 11) is 0. The third-order valence-electron chi connectivity index (χ3n) is 7.00. The molecular weight excluding hydrogens is 526 g/mol. The lowest BCUT2D eigenvalue weighted by Crippen LogP contribution is -2.38. The van der Waals surface area contributed by atoms with Gasteiger partial charge < -0.3 is 21.0 Å². The third kappa shape index (κ3) is 5.75. The number of H-pyrrole nitrogens is 1. The average molecular weight is 560 g/mol. The first kappa shape index (κ1) is 28.2. The number of hydrogen-bond acceptors (Lipinski definition) is 9. The summed E-state index contributed by atoms with van der Waals surface area (Å²) in [5.74, 6) is 0. The zero-order chi connectivity index (χ0) is 29.9. The van der Waals surface area contributed by atoms with Gasteiger partial charge >= 0.3 is 0 Å². The zero-order valence-electron chi connectivity index (χ0n) is 23.9. The smallest absolute Gasteiger partial charge is 0.255 e. The maximum Gasteiger partial charge on any atom is 0.255 e. The quantitative estimate of drug-likeness (QED) is 0.175. The van der Waals surface area contributed by atoms with Gasteiger partial charge in [-0.05, 0) is 47.1 Å². The molecular formula is C32H33N9O. The van der Waals surface area contributed by atoms with Gasteiger partial charge in [0, 0.05) is 48.1 Å². The molecule has 1 aliphatic rings. The Morgan fingerprint density at radius 2 is 1.93 bits per heavy atom. The summed E-state index contributed by atoms with van der Waals surface area (Å²) in [4.78, 5) is 19.9. The first-order valence-corrected chi connectivity index (χ1v) is 13.7. The van der Waals surface area contributed by atoms with Crippen LogP contribution in [0.5, 0.6) is 0 Å². The number of pyridine rings is 2. The van der Waals surface area contributed by atoms with Crippen LogP contribution in [0.15, 0.2) is 78.1 Å². The number of nitrogens with one attached hydrogen (secondary N) is 5. The molecule has 2 aromatic heterocycles. The number of rotatable bonds is 9. The molecule has 0 fully saturated rings. The van der Waals surface area contributed by atoms with E-state index in [2.05, 4.69) is 71.1 Å². The third-order valence-corrected chi connectivity index (χ3v) is 7.00. The van der Waals surface area contributed by atoms with Crippen LogP contribution in [0.1, 0.15) is 49.9 Å². The van der Waals surface area contributed by atoms with Crippen LogP contribution in [0.3, 0.4) is 0 Å². The largest absolute Gasteiger partial charge is 0.383 e. The second-order valence-corrected chi connectivity index (χ2v) is 11.4. The molecule has 2 aromatic carbocycles. The van der Waals surface area contributed by atoms with Gasteiger partial charge in [0.15, 0.2) is 0 Å². The fourth-order valence-corrected chi connectivity index (χ4v) is 4.95. The number of aromatic amines is 1. The molecule has 0 saturated carbocycles. The molecule has 0 saturated heterocycles. The van der Waals surface area contributed by atoms with E-state index in [4.69, 9.17) is 0 Å². The molecule has 0 unspecified atom stereocenters. The van der Waals surface area contributed by atoms with E-state index in [0.29, 0.717) is 51.9 Å². The van der Waals surface area contributed by atoms with Crippen LogP contribution in [0.25, 0.3) is 21.7 Å². The monoisotopic (exact) mass is 559 g/mol. The second kappa shape index (κ2) is 11.7. The van der Waals surface area contributed by atoms with Gasteiger partial charge in [0.25, 0.3) is 5.56 Å². The fourth-order valence-electron chi connectivity index (χ4n) is 4.95. The van der Waals surface area contributed by atoms with Crippen molar-refractivity contribution in [1.29, 1.82) is 10.5 Å². The SMILES string of the molecule is C=CCCN1C=C([C@@H](Nc2cc(C#N)c3ncc(C#N)c(NCC(C)(C)C)c3c2)c2cccc3c(=O)[nH]ccc23)NN1. The molecule has 1 aliphatic heterocycles. The highest BCUT2D eigenvalue weighted by molar-refractivity contribution is 5.99. The van der Waals surface area contributed by atoms with Crippen LogP contribution in [-0.2, 0) is 0 Å². The normalized spacial score (nSPS) is 13.6. The van der Waals surface area contributed by atoms with Gasteiger partial charge in [0.2, 0.25) is 0 Å². The molecule has 0 spiro atoms. The maximum atomic E-state index is 12.7. The minimum absolute atomic E-state index is 0.0430. The van der Waals surface area contributed by atoms with E-state index in [1.54, 1.807) is 18.3 Å². The van der Waals surface area contributed by atoms with E-state index in [9.17, 15) is 15.3 Å². The molecule has 212 valence electrons. The van der Waals surface area contributed by atoms with Crippen LogP contribution in [-0.4, -0.2) is 28.1 Å². The highest BCUT2D eigenvalue weighted by Gasteiger charge is 2.25. The Morgan fingerprint density at radius 1 is 1.12 bits per heavy atom. The Hall–Kier alpha value is -5.32. The first-order valence-electron chi connectivity index (χ1n) is 13.7. The fraction of sp³-hybridized carbons (Fsp3) is 0.250. The van der Waals surface area contributed by atoms with Crippen LogP contribution >= 0.6 is 0 Å². The van der Waals surface area contributed by atoms with Crippen molar-refractivity contribution < 1.29 is 0 Å². The highest BCUT2D eigenvalue weighted by atomic mass is 16.1. The molecule has 10 nitrogen and oxygen atoms in total. The summed E-state index contributed by atoms with van der Waals surface area (Å²) in [6.45, 7) is 11.5. The molecule has 0 radical (unpaired) electrons. The van der Waals surface area contributed by atoms with Crippen LogP contribution in [0, 0.1) is 28.1 Å². The van der Waals surface area contributed by atoms with Gasteiger partial charge in [-0.2, -0.15) is 10.5 Å². The van der Waals surface area contributed by atoms with Crippen molar-refractivity contribution in [3.63, 3.8) is 0 Å². The van der Waals surface area contributed by atoms with E-state index in [1.807, 2.05) is 41.6 Å². The van der Waals surface area contributed by atoms with Gasteiger partial charge in [-0.25, -0.2) is 0 Å². The van der Waals surface area contributed by atoms with Gasteiger partial charge in [-0.3, -0.25) is 14.8 Å². The number of hydrogen-bond donors (Lipinski definition) is 5. The standard InChI is InChI=1S/C32H33N9O/c1-5-6-12-41-18-27(39-40-41)30(24-8-7-9-25-23(24)10-11-35-31(25)42)38-22-13-20(15-33)28-26(14-22)29(21(16-34)17-36-28)37-19-32(2,3)4/h5,7-11,13-14,17-18,30,38-40H,1,6,12,19H2,2-4H3,(H,35,42)(H,36,37)/t30-/m0/s1. The van der Waals surface area contributed by atoms with Gasteiger partial charge in [0.1, 0.15) is 12.1 Å². The number of anilines is 2. The number of fused-ring (bicyclic) bond motifs is 2. The number of aromatic nitrogens is 2.